The van der Waals surface area contributed by atoms with E-state index in [0.29, 0.717) is 0 Å². The minimum absolute atomic E-state index is 0.0191. The van der Waals surface area contributed by atoms with E-state index in [1.54, 1.807) is 0 Å². The third-order valence-corrected chi connectivity index (χ3v) is 2.46. The lowest BCUT2D eigenvalue weighted by Crippen LogP contribution is -2.45. The van der Waals surface area contributed by atoms with Crippen molar-refractivity contribution in [1.29, 1.82) is 0 Å². The Labute approximate surface area is 62.7 Å². The van der Waals surface area contributed by atoms with Crippen LogP contribution in [0.4, 0.5) is 0 Å². The van der Waals surface area contributed by atoms with Crippen LogP contribution in [0.1, 0.15) is 33.1 Å². The van der Waals surface area contributed by atoms with Gasteiger partial charge in [-0.25, -0.2) is 0 Å². The molecule has 1 rings (SSSR count). The maximum absolute atomic E-state index is 6.09. The Balaban J connectivity index is 2.48. The van der Waals surface area contributed by atoms with Gasteiger partial charge in [-0.1, -0.05) is 13.3 Å². The minimum Gasteiger partial charge on any atom is -0.377 e. The van der Waals surface area contributed by atoms with E-state index in [2.05, 4.69) is 13.8 Å². The van der Waals surface area contributed by atoms with Gasteiger partial charge in [0, 0.05) is 12.1 Å². The lowest BCUT2D eigenvalue weighted by Gasteiger charge is -2.26. The van der Waals surface area contributed by atoms with Crippen molar-refractivity contribution >= 4 is 0 Å². The predicted octanol–water partition coefficient (Wildman–Crippen LogP) is 1.29. The highest BCUT2D eigenvalue weighted by Gasteiger charge is 2.36. The molecule has 2 unspecified atom stereocenters. The summed E-state index contributed by atoms with van der Waals surface area (Å²) in [6, 6.07) is 0. The first-order chi connectivity index (χ1) is 4.69. The van der Waals surface area contributed by atoms with Crippen LogP contribution in [0.25, 0.3) is 0 Å². The number of nitrogens with two attached hydrogens (primary N) is 1. The molecule has 0 aromatic heterocycles. The quantitative estimate of drug-likeness (QED) is 0.632. The van der Waals surface area contributed by atoms with E-state index < -0.39 is 0 Å². The van der Waals surface area contributed by atoms with E-state index in [1.165, 1.54) is 0 Å². The summed E-state index contributed by atoms with van der Waals surface area (Å²) < 4.78 is 5.40. The van der Waals surface area contributed by atoms with E-state index in [1.807, 2.05) is 0 Å². The summed E-state index contributed by atoms with van der Waals surface area (Å²) in [5.74, 6) is 0. The molecular formula is C8H17NO. The highest BCUT2D eigenvalue weighted by Crippen LogP contribution is 2.27. The van der Waals surface area contributed by atoms with Crippen molar-refractivity contribution in [2.45, 2.75) is 44.8 Å². The van der Waals surface area contributed by atoms with Gasteiger partial charge in [0.25, 0.3) is 0 Å². The summed E-state index contributed by atoms with van der Waals surface area (Å²) in [5.41, 5.74) is 6.07. The third kappa shape index (κ3) is 1.32. The van der Waals surface area contributed by atoms with Crippen LogP contribution < -0.4 is 5.73 Å². The van der Waals surface area contributed by atoms with Crippen molar-refractivity contribution < 1.29 is 4.74 Å². The van der Waals surface area contributed by atoms with Crippen molar-refractivity contribution in [2.75, 3.05) is 6.61 Å². The summed E-state index contributed by atoms with van der Waals surface area (Å²) >= 11 is 0. The van der Waals surface area contributed by atoms with Gasteiger partial charge in [0.2, 0.25) is 0 Å². The van der Waals surface area contributed by atoms with Crippen LogP contribution in [0.2, 0.25) is 0 Å². The lowest BCUT2D eigenvalue weighted by molar-refractivity contribution is 0.0927. The second kappa shape index (κ2) is 2.89. The number of rotatable bonds is 2. The number of hydrogen-bond donors (Lipinski definition) is 1. The van der Waals surface area contributed by atoms with Crippen LogP contribution >= 0.6 is 0 Å². The largest absolute Gasteiger partial charge is 0.377 e. The molecule has 60 valence electrons. The fourth-order valence-corrected chi connectivity index (χ4v) is 1.59. The smallest absolute Gasteiger partial charge is 0.0727 e. The standard InChI is InChI=1S/C8H17NO/c1-3-4-8(9)5-6-10-7(8)2/h7H,3-6,9H2,1-2H3. The molecule has 0 saturated carbocycles. The fraction of sp³-hybridized carbons (Fsp3) is 1.00. The first-order valence-electron chi connectivity index (χ1n) is 4.09. The van der Waals surface area contributed by atoms with Crippen LogP contribution in [0.3, 0.4) is 0 Å². The zero-order valence-corrected chi connectivity index (χ0v) is 6.89. The highest BCUT2D eigenvalue weighted by molar-refractivity contribution is 4.93. The van der Waals surface area contributed by atoms with Gasteiger partial charge in [-0.15, -0.1) is 0 Å². The molecule has 1 aliphatic heterocycles. The Kier molecular flexibility index (Phi) is 2.32. The summed E-state index contributed by atoms with van der Waals surface area (Å²) in [7, 11) is 0. The molecule has 1 fully saturated rings. The zero-order valence-electron chi connectivity index (χ0n) is 6.89. The van der Waals surface area contributed by atoms with Crippen molar-refractivity contribution in [3.63, 3.8) is 0 Å². The van der Waals surface area contributed by atoms with Crippen LogP contribution in [0, 0.1) is 0 Å². The normalized spacial score (nSPS) is 40.5. The van der Waals surface area contributed by atoms with E-state index in [9.17, 15) is 0 Å². The topological polar surface area (TPSA) is 35.2 Å². The predicted molar refractivity (Wildman–Crippen MR) is 41.9 cm³/mol. The average Bonchev–Trinajstić information content (AvgIpc) is 2.15. The average molecular weight is 143 g/mol. The number of ether oxygens (including phenoxy) is 1. The molecule has 1 aliphatic rings. The Hall–Kier alpha value is -0.0800. The maximum Gasteiger partial charge on any atom is 0.0727 e. The third-order valence-electron chi connectivity index (χ3n) is 2.46. The van der Waals surface area contributed by atoms with E-state index in [-0.39, 0.29) is 11.6 Å². The molecule has 2 heteroatoms. The van der Waals surface area contributed by atoms with Crippen LogP contribution in [0.5, 0.6) is 0 Å². The highest BCUT2D eigenvalue weighted by atomic mass is 16.5. The molecule has 2 N–H and O–H groups in total. The van der Waals surface area contributed by atoms with Crippen LogP contribution in [-0.2, 0) is 4.74 Å². The van der Waals surface area contributed by atoms with Crippen molar-refractivity contribution in [2.24, 2.45) is 5.73 Å². The molecule has 2 atom stereocenters. The summed E-state index contributed by atoms with van der Waals surface area (Å²) in [4.78, 5) is 0. The van der Waals surface area contributed by atoms with Gasteiger partial charge in [-0.3, -0.25) is 0 Å². The van der Waals surface area contributed by atoms with Gasteiger partial charge in [-0.05, 0) is 19.8 Å². The van der Waals surface area contributed by atoms with E-state index >= 15 is 0 Å². The molecule has 2 nitrogen and oxygen atoms in total. The monoisotopic (exact) mass is 143 g/mol. The summed E-state index contributed by atoms with van der Waals surface area (Å²) in [6.07, 6.45) is 3.54. The van der Waals surface area contributed by atoms with Crippen molar-refractivity contribution in [1.82, 2.24) is 0 Å². The second-order valence-electron chi connectivity index (χ2n) is 3.25. The molecule has 0 aromatic carbocycles. The molecule has 0 spiro atoms. The zero-order chi connectivity index (χ0) is 7.61. The lowest BCUT2D eigenvalue weighted by atomic mass is 9.89. The van der Waals surface area contributed by atoms with Crippen LogP contribution in [-0.4, -0.2) is 18.2 Å². The Morgan fingerprint density at radius 1 is 1.70 bits per heavy atom. The Morgan fingerprint density at radius 3 is 2.80 bits per heavy atom. The first-order valence-corrected chi connectivity index (χ1v) is 4.09. The number of hydrogen-bond acceptors (Lipinski definition) is 2. The van der Waals surface area contributed by atoms with E-state index in [0.717, 1.165) is 25.9 Å². The van der Waals surface area contributed by atoms with Gasteiger partial charge >= 0.3 is 0 Å². The van der Waals surface area contributed by atoms with Gasteiger partial charge in [-0.2, -0.15) is 0 Å². The van der Waals surface area contributed by atoms with Crippen LogP contribution in [0.15, 0.2) is 0 Å². The molecule has 0 bridgehead atoms. The second-order valence-corrected chi connectivity index (χ2v) is 3.25. The molecule has 0 aromatic rings. The fourth-order valence-electron chi connectivity index (χ4n) is 1.59. The van der Waals surface area contributed by atoms with Crippen molar-refractivity contribution in [3.05, 3.63) is 0 Å². The minimum atomic E-state index is -0.0191. The Morgan fingerprint density at radius 2 is 2.40 bits per heavy atom. The SMILES string of the molecule is CCCC1(N)CCOC1C. The molecule has 1 heterocycles. The summed E-state index contributed by atoms with van der Waals surface area (Å²) in [6.45, 7) is 5.08. The molecule has 0 radical (unpaired) electrons. The molecule has 1 saturated heterocycles. The molecule has 0 amide bonds. The summed E-state index contributed by atoms with van der Waals surface area (Å²) in [5, 5.41) is 0. The van der Waals surface area contributed by atoms with E-state index in [4.69, 9.17) is 10.5 Å². The molecular weight excluding hydrogens is 126 g/mol. The van der Waals surface area contributed by atoms with Gasteiger partial charge < -0.3 is 10.5 Å². The van der Waals surface area contributed by atoms with Gasteiger partial charge in [0.05, 0.1) is 6.10 Å². The van der Waals surface area contributed by atoms with Gasteiger partial charge in [0.1, 0.15) is 0 Å². The van der Waals surface area contributed by atoms with Gasteiger partial charge in [0.15, 0.2) is 0 Å². The van der Waals surface area contributed by atoms with Crippen molar-refractivity contribution in [3.8, 4) is 0 Å². The maximum atomic E-state index is 6.09. The Bertz CT molecular complexity index is 116. The molecule has 10 heavy (non-hydrogen) atoms. The first kappa shape index (κ1) is 8.02. The molecule has 0 aliphatic carbocycles.